The molecule has 0 aliphatic rings. The molecule has 1 N–H and O–H groups in total. The average Bonchev–Trinajstić information content (AvgIpc) is 2.92. The van der Waals surface area contributed by atoms with Gasteiger partial charge in [-0.15, -0.1) is 11.3 Å². The summed E-state index contributed by atoms with van der Waals surface area (Å²) in [6, 6.07) is 3.73. The number of ether oxygens (including phenoxy) is 1. The molecule has 96 valence electrons. The summed E-state index contributed by atoms with van der Waals surface area (Å²) in [7, 11) is 3.41. The van der Waals surface area contributed by atoms with Crippen LogP contribution >= 0.6 is 11.3 Å². The van der Waals surface area contributed by atoms with E-state index >= 15 is 0 Å². The average molecular weight is 265 g/mol. The quantitative estimate of drug-likeness (QED) is 0.916. The largest absolute Gasteiger partial charge is 0.495 e. The van der Waals surface area contributed by atoms with Gasteiger partial charge in [-0.2, -0.15) is 5.10 Å². The molecule has 2 rings (SSSR count). The van der Waals surface area contributed by atoms with Crippen molar-refractivity contribution in [3.05, 3.63) is 33.8 Å². The second-order valence-corrected chi connectivity index (χ2v) is 5.17. The van der Waals surface area contributed by atoms with E-state index < -0.39 is 0 Å². The number of carbonyl (C=O) groups is 1. The fraction of sp³-hybridized carbons (Fsp3) is 0.333. The molecule has 0 aliphatic carbocycles. The maximum absolute atomic E-state index is 12.0. The molecule has 0 unspecified atom stereocenters. The molecule has 0 spiro atoms. The molecular formula is C12H15N3O2S. The van der Waals surface area contributed by atoms with E-state index in [1.54, 1.807) is 11.8 Å². The van der Waals surface area contributed by atoms with E-state index in [9.17, 15) is 4.79 Å². The maximum Gasteiger partial charge on any atom is 0.265 e. The van der Waals surface area contributed by atoms with Gasteiger partial charge in [-0.1, -0.05) is 0 Å². The zero-order valence-electron chi connectivity index (χ0n) is 10.6. The monoisotopic (exact) mass is 265 g/mol. The number of nitrogens with one attached hydrogen (secondary N) is 1. The first-order valence-corrected chi connectivity index (χ1v) is 6.33. The predicted octanol–water partition coefficient (Wildman–Crippen LogP) is 1.73. The third-order valence-electron chi connectivity index (χ3n) is 2.45. The van der Waals surface area contributed by atoms with Crippen LogP contribution in [0.15, 0.2) is 18.3 Å². The van der Waals surface area contributed by atoms with Crippen LogP contribution in [0.1, 0.15) is 20.2 Å². The van der Waals surface area contributed by atoms with Crippen LogP contribution in [0.3, 0.4) is 0 Å². The molecule has 1 amide bonds. The standard InChI is InChI=1S/C12H15N3O2S/c1-8-6-10(17-3)11(18-8)12(16)13-7-9-4-5-15(2)14-9/h4-6H,7H2,1-3H3,(H,13,16). The van der Waals surface area contributed by atoms with Crippen LogP contribution in [0.5, 0.6) is 5.75 Å². The van der Waals surface area contributed by atoms with Crippen molar-refractivity contribution in [3.63, 3.8) is 0 Å². The van der Waals surface area contributed by atoms with E-state index in [1.165, 1.54) is 11.3 Å². The van der Waals surface area contributed by atoms with E-state index in [1.807, 2.05) is 32.3 Å². The van der Waals surface area contributed by atoms with Crippen molar-refractivity contribution in [2.24, 2.45) is 7.05 Å². The van der Waals surface area contributed by atoms with E-state index in [4.69, 9.17) is 4.74 Å². The molecule has 2 heterocycles. The molecule has 5 nitrogen and oxygen atoms in total. The van der Waals surface area contributed by atoms with Crippen LogP contribution in [-0.4, -0.2) is 22.8 Å². The first-order valence-electron chi connectivity index (χ1n) is 5.51. The zero-order chi connectivity index (χ0) is 13.1. The summed E-state index contributed by atoms with van der Waals surface area (Å²) in [4.78, 5) is 13.7. The number of nitrogens with zero attached hydrogens (tertiary/aromatic N) is 2. The normalized spacial score (nSPS) is 10.4. The highest BCUT2D eigenvalue weighted by Gasteiger charge is 2.15. The Morgan fingerprint density at radius 1 is 1.61 bits per heavy atom. The Balaban J connectivity index is 2.03. The number of aryl methyl sites for hydroxylation is 2. The third-order valence-corrected chi connectivity index (χ3v) is 3.48. The van der Waals surface area contributed by atoms with Crippen molar-refractivity contribution in [2.75, 3.05) is 7.11 Å². The second kappa shape index (κ2) is 5.22. The minimum absolute atomic E-state index is 0.129. The van der Waals surface area contributed by atoms with Crippen molar-refractivity contribution in [1.82, 2.24) is 15.1 Å². The molecule has 0 atom stereocenters. The van der Waals surface area contributed by atoms with Crippen molar-refractivity contribution in [3.8, 4) is 5.75 Å². The number of rotatable bonds is 4. The second-order valence-electron chi connectivity index (χ2n) is 3.92. The topological polar surface area (TPSA) is 56.1 Å². The van der Waals surface area contributed by atoms with E-state index in [0.717, 1.165) is 10.6 Å². The molecule has 0 radical (unpaired) electrons. The van der Waals surface area contributed by atoms with Gasteiger partial charge in [0.2, 0.25) is 0 Å². The molecule has 2 aromatic heterocycles. The summed E-state index contributed by atoms with van der Waals surface area (Å²) in [6.45, 7) is 2.36. The van der Waals surface area contributed by atoms with Crippen LogP contribution in [0.2, 0.25) is 0 Å². The van der Waals surface area contributed by atoms with E-state index in [-0.39, 0.29) is 5.91 Å². The molecule has 0 saturated heterocycles. The molecular weight excluding hydrogens is 250 g/mol. The summed E-state index contributed by atoms with van der Waals surface area (Å²) >= 11 is 1.42. The molecule has 0 saturated carbocycles. The molecule has 0 aliphatic heterocycles. The van der Waals surface area contributed by atoms with E-state index in [0.29, 0.717) is 17.2 Å². The summed E-state index contributed by atoms with van der Waals surface area (Å²) in [6.07, 6.45) is 1.84. The minimum Gasteiger partial charge on any atom is -0.495 e. The van der Waals surface area contributed by atoms with Crippen molar-refractivity contribution < 1.29 is 9.53 Å². The van der Waals surface area contributed by atoms with Gasteiger partial charge in [-0.05, 0) is 19.1 Å². The number of hydrogen-bond acceptors (Lipinski definition) is 4. The van der Waals surface area contributed by atoms with Gasteiger partial charge in [0.15, 0.2) is 0 Å². The number of methoxy groups -OCH3 is 1. The number of carbonyl (C=O) groups excluding carboxylic acids is 1. The minimum atomic E-state index is -0.129. The van der Waals surface area contributed by atoms with Crippen LogP contribution in [0, 0.1) is 6.92 Å². The molecule has 6 heteroatoms. The SMILES string of the molecule is COc1cc(C)sc1C(=O)NCc1ccn(C)n1. The van der Waals surface area contributed by atoms with E-state index in [2.05, 4.69) is 10.4 Å². The zero-order valence-corrected chi connectivity index (χ0v) is 11.4. The Morgan fingerprint density at radius 3 is 3.00 bits per heavy atom. The fourth-order valence-corrected chi connectivity index (χ4v) is 2.51. The van der Waals surface area contributed by atoms with Crippen LogP contribution in [-0.2, 0) is 13.6 Å². The van der Waals surface area contributed by atoms with Gasteiger partial charge >= 0.3 is 0 Å². The Hall–Kier alpha value is -1.82. The predicted molar refractivity (Wildman–Crippen MR) is 70.0 cm³/mol. The molecule has 0 aromatic carbocycles. The Labute approximate surface area is 109 Å². The van der Waals surface area contributed by atoms with Gasteiger partial charge in [0, 0.05) is 18.1 Å². The number of thiophene rings is 1. The summed E-state index contributed by atoms with van der Waals surface area (Å²) in [5.41, 5.74) is 0.832. The van der Waals surface area contributed by atoms with Gasteiger partial charge in [-0.3, -0.25) is 9.48 Å². The van der Waals surface area contributed by atoms with Gasteiger partial charge < -0.3 is 10.1 Å². The van der Waals surface area contributed by atoms with Crippen LogP contribution in [0.4, 0.5) is 0 Å². The molecule has 0 bridgehead atoms. The van der Waals surface area contributed by atoms with Gasteiger partial charge in [0.1, 0.15) is 10.6 Å². The molecule has 2 aromatic rings. The lowest BCUT2D eigenvalue weighted by atomic mass is 10.3. The summed E-state index contributed by atoms with van der Waals surface area (Å²) in [5, 5.41) is 7.03. The molecule has 18 heavy (non-hydrogen) atoms. The highest BCUT2D eigenvalue weighted by Crippen LogP contribution is 2.28. The van der Waals surface area contributed by atoms with Gasteiger partial charge in [-0.25, -0.2) is 0 Å². The lowest BCUT2D eigenvalue weighted by Gasteiger charge is -2.03. The fourth-order valence-electron chi connectivity index (χ4n) is 1.61. The molecule has 0 fully saturated rings. The Morgan fingerprint density at radius 2 is 2.39 bits per heavy atom. The van der Waals surface area contributed by atoms with Crippen molar-refractivity contribution in [2.45, 2.75) is 13.5 Å². The first kappa shape index (κ1) is 12.6. The smallest absolute Gasteiger partial charge is 0.265 e. The van der Waals surface area contributed by atoms with Crippen molar-refractivity contribution in [1.29, 1.82) is 0 Å². The lowest BCUT2D eigenvalue weighted by molar-refractivity contribution is 0.0951. The Bertz CT molecular complexity index is 559. The first-order chi connectivity index (χ1) is 8.60. The Kier molecular flexibility index (Phi) is 3.66. The summed E-state index contributed by atoms with van der Waals surface area (Å²) < 4.78 is 6.88. The number of aromatic nitrogens is 2. The van der Waals surface area contributed by atoms with Gasteiger partial charge in [0.05, 0.1) is 19.3 Å². The number of amides is 1. The van der Waals surface area contributed by atoms with Crippen LogP contribution < -0.4 is 10.1 Å². The van der Waals surface area contributed by atoms with Crippen LogP contribution in [0.25, 0.3) is 0 Å². The highest BCUT2D eigenvalue weighted by molar-refractivity contribution is 7.14. The third kappa shape index (κ3) is 2.70. The van der Waals surface area contributed by atoms with Crippen molar-refractivity contribution >= 4 is 17.2 Å². The summed E-state index contributed by atoms with van der Waals surface area (Å²) in [5.74, 6) is 0.492. The van der Waals surface area contributed by atoms with Gasteiger partial charge in [0.25, 0.3) is 5.91 Å². The number of hydrogen-bond donors (Lipinski definition) is 1. The maximum atomic E-state index is 12.0. The lowest BCUT2D eigenvalue weighted by Crippen LogP contribution is -2.22. The highest BCUT2D eigenvalue weighted by atomic mass is 32.1.